The van der Waals surface area contributed by atoms with Crippen LogP contribution < -0.4 is 4.74 Å². The van der Waals surface area contributed by atoms with E-state index in [1.54, 1.807) is 18.2 Å². The van der Waals surface area contributed by atoms with Crippen LogP contribution in [0.15, 0.2) is 54.6 Å². The highest BCUT2D eigenvalue weighted by atomic mass is 16.8. The van der Waals surface area contributed by atoms with E-state index in [0.29, 0.717) is 16.6 Å². The minimum Gasteiger partial charge on any atom is -0.457 e. The average Bonchev–Trinajstić information content (AvgIpc) is 2.83. The van der Waals surface area contributed by atoms with Crippen LogP contribution in [-0.2, 0) is 20.8 Å². The van der Waals surface area contributed by atoms with Crippen LogP contribution in [0.1, 0.15) is 12.0 Å². The Bertz CT molecular complexity index is 804. The molecule has 0 radical (unpaired) electrons. The molecule has 1 saturated heterocycles. The first-order chi connectivity index (χ1) is 12.0. The van der Waals surface area contributed by atoms with Crippen molar-refractivity contribution < 1.29 is 29.1 Å². The summed E-state index contributed by atoms with van der Waals surface area (Å²) in [6.45, 7) is 0. The number of carboxylic acid groups (broad SMARTS) is 1. The molecule has 0 aromatic heterocycles. The van der Waals surface area contributed by atoms with Gasteiger partial charge in [0.25, 0.3) is 11.8 Å². The van der Waals surface area contributed by atoms with Crippen molar-refractivity contribution >= 4 is 18.0 Å². The molecule has 1 aliphatic rings. The molecular weight excluding hydrogens is 326 g/mol. The second-order valence-corrected chi connectivity index (χ2v) is 5.55. The van der Waals surface area contributed by atoms with Crippen LogP contribution in [0.5, 0.6) is 11.5 Å². The molecule has 0 saturated carbocycles. The van der Waals surface area contributed by atoms with Gasteiger partial charge in [-0.3, -0.25) is 14.4 Å². The van der Waals surface area contributed by atoms with Crippen molar-refractivity contribution in [2.45, 2.75) is 12.8 Å². The summed E-state index contributed by atoms with van der Waals surface area (Å²) >= 11 is 0. The summed E-state index contributed by atoms with van der Waals surface area (Å²) < 4.78 is 5.74. The van der Waals surface area contributed by atoms with Gasteiger partial charge in [-0.05, 0) is 36.2 Å². The monoisotopic (exact) mass is 341 g/mol. The normalized spacial score (nSPS) is 16.8. The predicted molar refractivity (Wildman–Crippen MR) is 85.7 cm³/mol. The molecule has 25 heavy (non-hydrogen) atoms. The van der Waals surface area contributed by atoms with E-state index in [1.165, 1.54) is 0 Å². The fourth-order valence-corrected chi connectivity index (χ4v) is 2.65. The van der Waals surface area contributed by atoms with E-state index in [1.807, 2.05) is 36.4 Å². The van der Waals surface area contributed by atoms with Crippen molar-refractivity contribution in [1.82, 2.24) is 5.06 Å². The molecule has 7 nitrogen and oxygen atoms in total. The predicted octanol–water partition coefficient (Wildman–Crippen LogP) is 3.01. The third-order valence-electron chi connectivity index (χ3n) is 3.73. The molecule has 1 atom stereocenters. The molecule has 1 unspecified atom stereocenters. The maximum Gasteiger partial charge on any atom is 0.531 e. The van der Waals surface area contributed by atoms with Gasteiger partial charge in [-0.1, -0.05) is 35.4 Å². The van der Waals surface area contributed by atoms with Crippen LogP contribution in [0.4, 0.5) is 4.79 Å². The molecule has 0 aliphatic carbocycles. The standard InChI is InChI=1S/C18H15NO6/c20-16-11-13(17(21)19(16)25-18(22)23)9-12-5-4-8-15(10-12)24-14-6-2-1-3-7-14/h1-8,10,13H,9,11H2,(H,22,23). The molecule has 128 valence electrons. The molecule has 7 heteroatoms. The number of para-hydroxylation sites is 1. The number of hydroxylamine groups is 2. The lowest BCUT2D eigenvalue weighted by Crippen LogP contribution is -2.33. The van der Waals surface area contributed by atoms with Gasteiger partial charge in [-0.2, -0.15) is 0 Å². The van der Waals surface area contributed by atoms with Gasteiger partial charge in [0.2, 0.25) is 0 Å². The van der Waals surface area contributed by atoms with Gasteiger partial charge >= 0.3 is 6.16 Å². The third-order valence-corrected chi connectivity index (χ3v) is 3.73. The fraction of sp³-hybridized carbons (Fsp3) is 0.167. The van der Waals surface area contributed by atoms with Gasteiger partial charge in [-0.25, -0.2) is 4.79 Å². The number of imide groups is 1. The van der Waals surface area contributed by atoms with Gasteiger partial charge in [0.1, 0.15) is 11.5 Å². The first kappa shape index (κ1) is 16.5. The summed E-state index contributed by atoms with van der Waals surface area (Å²) in [5.74, 6) is -0.665. The topological polar surface area (TPSA) is 93.1 Å². The smallest absolute Gasteiger partial charge is 0.457 e. The molecule has 1 fully saturated rings. The van der Waals surface area contributed by atoms with Crippen LogP contribution in [0.3, 0.4) is 0 Å². The van der Waals surface area contributed by atoms with E-state index in [2.05, 4.69) is 4.84 Å². The number of carbonyl (C=O) groups excluding carboxylic acids is 2. The largest absolute Gasteiger partial charge is 0.531 e. The van der Waals surface area contributed by atoms with E-state index in [4.69, 9.17) is 9.84 Å². The lowest BCUT2D eigenvalue weighted by molar-refractivity contribution is -0.176. The lowest BCUT2D eigenvalue weighted by atomic mass is 9.98. The highest BCUT2D eigenvalue weighted by Crippen LogP contribution is 2.27. The Balaban J connectivity index is 1.69. The number of hydrogen-bond acceptors (Lipinski definition) is 5. The lowest BCUT2D eigenvalue weighted by Gasteiger charge is -2.12. The highest BCUT2D eigenvalue weighted by Gasteiger charge is 2.41. The number of benzene rings is 2. The summed E-state index contributed by atoms with van der Waals surface area (Å²) in [5, 5.41) is 8.89. The molecule has 2 aromatic carbocycles. The number of hydrogen-bond donors (Lipinski definition) is 1. The Kier molecular flexibility index (Phi) is 4.65. The van der Waals surface area contributed by atoms with E-state index >= 15 is 0 Å². The van der Waals surface area contributed by atoms with E-state index in [-0.39, 0.29) is 12.8 Å². The Morgan fingerprint density at radius 1 is 1.08 bits per heavy atom. The summed E-state index contributed by atoms with van der Waals surface area (Å²) in [5.41, 5.74) is 0.803. The van der Waals surface area contributed by atoms with E-state index in [0.717, 1.165) is 5.56 Å². The van der Waals surface area contributed by atoms with Crippen molar-refractivity contribution in [1.29, 1.82) is 0 Å². The van der Waals surface area contributed by atoms with Crippen molar-refractivity contribution in [2.24, 2.45) is 5.92 Å². The Morgan fingerprint density at radius 2 is 1.80 bits per heavy atom. The molecule has 1 aliphatic heterocycles. The zero-order chi connectivity index (χ0) is 17.8. The number of amides is 2. The van der Waals surface area contributed by atoms with Crippen LogP contribution in [0.25, 0.3) is 0 Å². The first-order valence-electron chi connectivity index (χ1n) is 7.62. The first-order valence-corrected chi connectivity index (χ1v) is 7.62. The summed E-state index contributed by atoms with van der Waals surface area (Å²) in [6.07, 6.45) is -1.49. The summed E-state index contributed by atoms with van der Waals surface area (Å²) in [6, 6.07) is 16.4. The quantitative estimate of drug-likeness (QED) is 0.840. The summed E-state index contributed by atoms with van der Waals surface area (Å²) in [4.78, 5) is 38.6. The molecule has 1 heterocycles. The number of carbonyl (C=O) groups is 3. The molecule has 2 amide bonds. The van der Waals surface area contributed by atoms with Crippen LogP contribution >= 0.6 is 0 Å². The maximum absolute atomic E-state index is 12.1. The van der Waals surface area contributed by atoms with Gasteiger partial charge < -0.3 is 9.84 Å². The van der Waals surface area contributed by atoms with Gasteiger partial charge in [0.15, 0.2) is 0 Å². The van der Waals surface area contributed by atoms with Crippen LogP contribution in [0.2, 0.25) is 0 Å². The molecular formula is C18H15NO6. The van der Waals surface area contributed by atoms with Crippen molar-refractivity contribution in [3.8, 4) is 11.5 Å². The number of ether oxygens (including phenoxy) is 1. The molecule has 3 rings (SSSR count). The molecule has 2 aromatic rings. The van der Waals surface area contributed by atoms with Gasteiger partial charge in [-0.15, -0.1) is 0 Å². The Morgan fingerprint density at radius 3 is 2.52 bits per heavy atom. The van der Waals surface area contributed by atoms with Crippen LogP contribution in [-0.4, -0.2) is 28.1 Å². The fourth-order valence-electron chi connectivity index (χ4n) is 2.65. The maximum atomic E-state index is 12.1. The Hall–Kier alpha value is -3.35. The Labute approximate surface area is 143 Å². The van der Waals surface area contributed by atoms with Crippen LogP contribution in [0, 0.1) is 5.92 Å². The molecule has 0 bridgehead atoms. The van der Waals surface area contributed by atoms with E-state index in [9.17, 15) is 14.4 Å². The molecule has 1 N–H and O–H groups in total. The van der Waals surface area contributed by atoms with Crippen molar-refractivity contribution in [2.75, 3.05) is 0 Å². The van der Waals surface area contributed by atoms with E-state index < -0.39 is 23.9 Å². The number of nitrogens with zero attached hydrogens (tertiary/aromatic N) is 1. The second-order valence-electron chi connectivity index (χ2n) is 5.55. The zero-order valence-corrected chi connectivity index (χ0v) is 13.1. The average molecular weight is 341 g/mol. The van der Waals surface area contributed by atoms with Gasteiger partial charge in [0.05, 0.1) is 5.92 Å². The second kappa shape index (κ2) is 7.04. The molecule has 0 spiro atoms. The number of rotatable bonds is 5. The van der Waals surface area contributed by atoms with Crippen molar-refractivity contribution in [3.63, 3.8) is 0 Å². The highest BCUT2D eigenvalue weighted by molar-refractivity contribution is 6.03. The zero-order valence-electron chi connectivity index (χ0n) is 13.1. The minimum absolute atomic E-state index is 0.0874. The minimum atomic E-state index is -1.69. The van der Waals surface area contributed by atoms with Gasteiger partial charge in [0, 0.05) is 6.42 Å². The SMILES string of the molecule is O=C(O)ON1C(=O)CC(Cc2cccc(Oc3ccccc3)c2)C1=O. The third kappa shape index (κ3) is 3.95. The van der Waals surface area contributed by atoms with Crippen molar-refractivity contribution in [3.05, 3.63) is 60.2 Å². The summed E-state index contributed by atoms with van der Waals surface area (Å²) in [7, 11) is 0.